The predicted octanol–water partition coefficient (Wildman–Crippen LogP) is 5.12. The van der Waals surface area contributed by atoms with Crippen molar-refractivity contribution in [3.05, 3.63) is 52.0 Å². The average Bonchev–Trinajstić information content (AvgIpc) is 2.49. The molecule has 2 nitrogen and oxygen atoms in total. The van der Waals surface area contributed by atoms with Crippen molar-refractivity contribution in [1.29, 1.82) is 0 Å². The Balaban J connectivity index is 0.00000176. The molecule has 2 aromatic carbocycles. The molecule has 0 saturated carbocycles. The first-order valence-corrected chi connectivity index (χ1v) is 7.88. The lowest BCUT2D eigenvalue weighted by atomic mass is 9.95. The van der Waals surface area contributed by atoms with Gasteiger partial charge in [-0.25, -0.2) is 0 Å². The van der Waals surface area contributed by atoms with E-state index in [1.165, 1.54) is 5.56 Å². The highest BCUT2D eigenvalue weighted by atomic mass is 35.5. The molecule has 5 heteroatoms. The van der Waals surface area contributed by atoms with Gasteiger partial charge in [0.25, 0.3) is 0 Å². The number of fused-ring (bicyclic) bond motifs is 1. The zero-order chi connectivity index (χ0) is 14.8. The SMILES string of the molecule is Cl.NCC[C@@H]1CCc2cccc(-c3cc(Cl)ccc3Cl)c2O1. The fourth-order valence-electron chi connectivity index (χ4n) is 2.77. The summed E-state index contributed by atoms with van der Waals surface area (Å²) in [6.07, 6.45) is 3.07. The summed E-state index contributed by atoms with van der Waals surface area (Å²) in [5.74, 6) is 0.923. The summed E-state index contributed by atoms with van der Waals surface area (Å²) in [5.41, 5.74) is 8.79. The third-order valence-electron chi connectivity index (χ3n) is 3.82. The van der Waals surface area contributed by atoms with E-state index in [4.69, 9.17) is 33.7 Å². The number of benzene rings is 2. The van der Waals surface area contributed by atoms with Crippen LogP contribution < -0.4 is 10.5 Å². The molecule has 0 saturated heterocycles. The van der Waals surface area contributed by atoms with Crippen LogP contribution in [0.5, 0.6) is 5.75 Å². The molecule has 1 aliphatic heterocycles. The fourth-order valence-corrected chi connectivity index (χ4v) is 3.16. The van der Waals surface area contributed by atoms with Crippen molar-refractivity contribution in [3.8, 4) is 16.9 Å². The number of ether oxygens (including phenoxy) is 1. The Labute approximate surface area is 147 Å². The van der Waals surface area contributed by atoms with E-state index in [1.54, 1.807) is 6.07 Å². The van der Waals surface area contributed by atoms with Crippen LogP contribution in [-0.2, 0) is 6.42 Å². The van der Waals surface area contributed by atoms with Crippen molar-refractivity contribution in [3.63, 3.8) is 0 Å². The van der Waals surface area contributed by atoms with Crippen LogP contribution in [0.2, 0.25) is 10.0 Å². The first-order chi connectivity index (χ1) is 10.2. The van der Waals surface area contributed by atoms with E-state index < -0.39 is 0 Å². The molecule has 1 aliphatic rings. The van der Waals surface area contributed by atoms with Gasteiger partial charge < -0.3 is 10.5 Å². The molecule has 0 radical (unpaired) electrons. The molecule has 1 heterocycles. The van der Waals surface area contributed by atoms with Crippen LogP contribution in [0.1, 0.15) is 18.4 Å². The van der Waals surface area contributed by atoms with Crippen LogP contribution in [0.4, 0.5) is 0 Å². The van der Waals surface area contributed by atoms with Crippen LogP contribution in [0.15, 0.2) is 36.4 Å². The Morgan fingerprint density at radius 2 is 1.95 bits per heavy atom. The maximum Gasteiger partial charge on any atom is 0.130 e. The number of rotatable bonds is 3. The maximum atomic E-state index is 6.34. The molecule has 0 fully saturated rings. The zero-order valence-electron chi connectivity index (χ0n) is 12.0. The third-order valence-corrected chi connectivity index (χ3v) is 4.39. The van der Waals surface area contributed by atoms with Crippen LogP contribution in [0, 0.1) is 0 Å². The Morgan fingerprint density at radius 3 is 2.73 bits per heavy atom. The Bertz CT molecular complexity index is 660. The van der Waals surface area contributed by atoms with Crippen molar-refractivity contribution < 1.29 is 4.74 Å². The zero-order valence-corrected chi connectivity index (χ0v) is 14.3. The van der Waals surface area contributed by atoms with Gasteiger partial charge in [-0.2, -0.15) is 0 Å². The van der Waals surface area contributed by atoms with Gasteiger partial charge in [0.15, 0.2) is 0 Å². The molecule has 0 unspecified atom stereocenters. The quantitative estimate of drug-likeness (QED) is 0.826. The maximum absolute atomic E-state index is 6.34. The number of hydrogen-bond donors (Lipinski definition) is 1. The Kier molecular flexibility index (Phi) is 5.99. The fraction of sp³-hybridized carbons (Fsp3) is 0.294. The molecule has 0 amide bonds. The highest BCUT2D eigenvalue weighted by Crippen LogP contribution is 2.41. The van der Waals surface area contributed by atoms with E-state index in [-0.39, 0.29) is 18.5 Å². The number of hydrogen-bond acceptors (Lipinski definition) is 2. The van der Waals surface area contributed by atoms with Crippen LogP contribution in [0.3, 0.4) is 0 Å². The Hall–Kier alpha value is -0.930. The summed E-state index contributed by atoms with van der Waals surface area (Å²) in [7, 11) is 0. The molecular formula is C17H18Cl3NO. The molecule has 3 rings (SSSR count). The average molecular weight is 359 g/mol. The largest absolute Gasteiger partial charge is 0.489 e. The van der Waals surface area contributed by atoms with E-state index in [1.807, 2.05) is 24.3 Å². The molecule has 2 N–H and O–H groups in total. The van der Waals surface area contributed by atoms with Crippen molar-refractivity contribution in [1.82, 2.24) is 0 Å². The van der Waals surface area contributed by atoms with Crippen LogP contribution in [-0.4, -0.2) is 12.6 Å². The molecule has 0 aromatic heterocycles. The molecule has 1 atom stereocenters. The van der Waals surface area contributed by atoms with E-state index in [0.717, 1.165) is 36.1 Å². The Morgan fingerprint density at radius 1 is 1.14 bits per heavy atom. The van der Waals surface area contributed by atoms with E-state index in [0.29, 0.717) is 16.6 Å². The second-order valence-corrected chi connectivity index (χ2v) is 6.12. The van der Waals surface area contributed by atoms with Crippen molar-refractivity contribution >= 4 is 35.6 Å². The van der Waals surface area contributed by atoms with Crippen LogP contribution in [0.25, 0.3) is 11.1 Å². The summed E-state index contributed by atoms with van der Waals surface area (Å²) < 4.78 is 6.17. The van der Waals surface area contributed by atoms with Crippen molar-refractivity contribution in [2.45, 2.75) is 25.4 Å². The minimum absolute atomic E-state index is 0. The molecule has 0 spiro atoms. The normalized spacial score (nSPS) is 16.4. The summed E-state index contributed by atoms with van der Waals surface area (Å²) in [6, 6.07) is 11.7. The minimum Gasteiger partial charge on any atom is -0.489 e. The number of para-hydroxylation sites is 1. The van der Waals surface area contributed by atoms with Gasteiger partial charge in [0, 0.05) is 21.2 Å². The lowest BCUT2D eigenvalue weighted by Gasteiger charge is -2.28. The number of nitrogens with two attached hydrogens (primary N) is 1. The molecule has 0 aliphatic carbocycles. The second kappa shape index (κ2) is 7.56. The molecule has 22 heavy (non-hydrogen) atoms. The smallest absolute Gasteiger partial charge is 0.130 e. The molecule has 0 bridgehead atoms. The lowest BCUT2D eigenvalue weighted by molar-refractivity contribution is 0.167. The van der Waals surface area contributed by atoms with Gasteiger partial charge in [-0.15, -0.1) is 12.4 Å². The van der Waals surface area contributed by atoms with Gasteiger partial charge in [-0.1, -0.05) is 41.4 Å². The topological polar surface area (TPSA) is 35.2 Å². The molecule has 2 aromatic rings. The van der Waals surface area contributed by atoms with Gasteiger partial charge >= 0.3 is 0 Å². The number of aryl methyl sites for hydroxylation is 1. The number of halogens is 3. The molecular weight excluding hydrogens is 341 g/mol. The van der Waals surface area contributed by atoms with Gasteiger partial charge in [-0.05, 0) is 49.6 Å². The predicted molar refractivity (Wildman–Crippen MR) is 95.6 cm³/mol. The highest BCUT2D eigenvalue weighted by molar-refractivity contribution is 6.35. The van der Waals surface area contributed by atoms with E-state index in [9.17, 15) is 0 Å². The second-order valence-electron chi connectivity index (χ2n) is 5.27. The summed E-state index contributed by atoms with van der Waals surface area (Å²) in [6.45, 7) is 0.639. The van der Waals surface area contributed by atoms with E-state index in [2.05, 4.69) is 6.07 Å². The van der Waals surface area contributed by atoms with Gasteiger partial charge in [0.1, 0.15) is 11.9 Å². The van der Waals surface area contributed by atoms with Gasteiger partial charge in [0.05, 0.1) is 0 Å². The summed E-state index contributed by atoms with van der Waals surface area (Å²) in [5, 5.41) is 1.35. The van der Waals surface area contributed by atoms with E-state index >= 15 is 0 Å². The van der Waals surface area contributed by atoms with Crippen molar-refractivity contribution in [2.75, 3.05) is 6.54 Å². The minimum atomic E-state index is 0. The highest BCUT2D eigenvalue weighted by Gasteiger charge is 2.23. The summed E-state index contributed by atoms with van der Waals surface area (Å²) >= 11 is 12.4. The first-order valence-electron chi connectivity index (χ1n) is 7.13. The van der Waals surface area contributed by atoms with Crippen LogP contribution >= 0.6 is 35.6 Å². The van der Waals surface area contributed by atoms with Gasteiger partial charge in [0.2, 0.25) is 0 Å². The lowest BCUT2D eigenvalue weighted by Crippen LogP contribution is -2.25. The molecule has 118 valence electrons. The van der Waals surface area contributed by atoms with Crippen molar-refractivity contribution in [2.24, 2.45) is 5.73 Å². The third kappa shape index (κ3) is 3.52. The monoisotopic (exact) mass is 357 g/mol. The first kappa shape index (κ1) is 17.4. The standard InChI is InChI=1S/C17H17Cl2NO.ClH/c18-12-5-7-16(19)15(10-12)14-3-1-2-11-4-6-13(8-9-20)21-17(11)14;/h1-3,5,7,10,13H,4,6,8-9,20H2;1H/t13-;/m0./s1. The summed E-state index contributed by atoms with van der Waals surface area (Å²) in [4.78, 5) is 0. The van der Waals surface area contributed by atoms with Gasteiger partial charge in [-0.3, -0.25) is 0 Å².